The van der Waals surface area contributed by atoms with Crippen molar-refractivity contribution in [3.8, 4) is 0 Å². The summed E-state index contributed by atoms with van der Waals surface area (Å²) in [6.45, 7) is 0.286. The Hall–Kier alpha value is -1.43. The Labute approximate surface area is 68.8 Å². The van der Waals surface area contributed by atoms with E-state index in [0.717, 1.165) is 0 Å². The van der Waals surface area contributed by atoms with Crippen molar-refractivity contribution in [1.29, 1.82) is 0 Å². The van der Waals surface area contributed by atoms with Gasteiger partial charge in [-0.15, -0.1) is 5.10 Å². The second-order valence-corrected chi connectivity index (χ2v) is 2.05. The molecule has 0 radical (unpaired) electrons. The molecule has 6 nitrogen and oxygen atoms in total. The molecule has 66 valence electrons. The second kappa shape index (κ2) is 3.82. The first kappa shape index (κ1) is 8.66. The third kappa shape index (κ3) is 1.79. The Bertz CT molecular complexity index is 271. The molecule has 0 amide bonds. The van der Waals surface area contributed by atoms with Crippen LogP contribution >= 0.6 is 0 Å². The molecule has 1 heterocycles. The van der Waals surface area contributed by atoms with E-state index in [1.807, 2.05) is 0 Å². The molecule has 12 heavy (non-hydrogen) atoms. The first-order valence-electron chi connectivity index (χ1n) is 3.36. The standard InChI is InChI=1S/C6H9N3O3/c1-12-6(11)5-7-4-9(8-5)2-3-10/h4,10H,2-3H2,1H3. The molecule has 1 N–H and O–H groups in total. The molecule has 0 saturated heterocycles. The van der Waals surface area contributed by atoms with Crippen LogP contribution in [-0.2, 0) is 11.3 Å². The molecule has 0 saturated carbocycles. The highest BCUT2D eigenvalue weighted by molar-refractivity contribution is 5.84. The molecular formula is C6H9N3O3. The lowest BCUT2D eigenvalue weighted by molar-refractivity contribution is 0.0586. The lowest BCUT2D eigenvalue weighted by atomic mass is 10.6. The first-order chi connectivity index (χ1) is 5.77. The summed E-state index contributed by atoms with van der Waals surface area (Å²) in [6, 6.07) is 0. The number of esters is 1. The van der Waals surface area contributed by atoms with E-state index in [-0.39, 0.29) is 12.4 Å². The van der Waals surface area contributed by atoms with E-state index in [2.05, 4.69) is 14.8 Å². The van der Waals surface area contributed by atoms with Crippen molar-refractivity contribution >= 4 is 5.97 Å². The van der Waals surface area contributed by atoms with Crippen molar-refractivity contribution in [2.75, 3.05) is 13.7 Å². The largest absolute Gasteiger partial charge is 0.463 e. The fourth-order valence-electron chi connectivity index (χ4n) is 0.690. The monoisotopic (exact) mass is 171 g/mol. The van der Waals surface area contributed by atoms with E-state index >= 15 is 0 Å². The molecule has 0 fully saturated rings. The number of aliphatic hydroxyl groups is 1. The summed E-state index contributed by atoms with van der Waals surface area (Å²) in [4.78, 5) is 14.5. The average Bonchev–Trinajstić information content (AvgIpc) is 2.52. The Kier molecular flexibility index (Phi) is 2.76. The van der Waals surface area contributed by atoms with Gasteiger partial charge in [-0.05, 0) is 0 Å². The van der Waals surface area contributed by atoms with Crippen LogP contribution in [0, 0.1) is 0 Å². The van der Waals surface area contributed by atoms with Crippen LogP contribution in [0.2, 0.25) is 0 Å². The topological polar surface area (TPSA) is 77.2 Å². The number of hydrogen-bond acceptors (Lipinski definition) is 5. The smallest absolute Gasteiger partial charge is 0.377 e. The van der Waals surface area contributed by atoms with Gasteiger partial charge in [-0.3, -0.25) is 0 Å². The maximum atomic E-state index is 10.8. The van der Waals surface area contributed by atoms with Crippen molar-refractivity contribution in [1.82, 2.24) is 14.8 Å². The zero-order valence-corrected chi connectivity index (χ0v) is 6.60. The predicted molar refractivity (Wildman–Crippen MR) is 38.4 cm³/mol. The van der Waals surface area contributed by atoms with Crippen LogP contribution in [-0.4, -0.2) is 39.6 Å². The van der Waals surface area contributed by atoms with Gasteiger partial charge in [-0.25, -0.2) is 14.5 Å². The molecule has 0 aromatic carbocycles. The Balaban J connectivity index is 2.70. The molecule has 0 unspecified atom stereocenters. The minimum atomic E-state index is -0.577. The first-order valence-corrected chi connectivity index (χ1v) is 3.36. The van der Waals surface area contributed by atoms with Gasteiger partial charge in [0, 0.05) is 0 Å². The van der Waals surface area contributed by atoms with Crippen molar-refractivity contribution in [3.63, 3.8) is 0 Å². The summed E-state index contributed by atoms with van der Waals surface area (Å²) in [6.07, 6.45) is 1.36. The number of carbonyl (C=O) groups is 1. The average molecular weight is 171 g/mol. The van der Waals surface area contributed by atoms with E-state index in [1.54, 1.807) is 0 Å². The highest BCUT2D eigenvalue weighted by atomic mass is 16.5. The minimum Gasteiger partial charge on any atom is -0.463 e. The highest BCUT2D eigenvalue weighted by Crippen LogP contribution is 1.91. The van der Waals surface area contributed by atoms with E-state index in [9.17, 15) is 4.79 Å². The van der Waals surface area contributed by atoms with Gasteiger partial charge < -0.3 is 9.84 Å². The van der Waals surface area contributed by atoms with Gasteiger partial charge >= 0.3 is 5.97 Å². The summed E-state index contributed by atoms with van der Waals surface area (Å²) >= 11 is 0. The summed E-state index contributed by atoms with van der Waals surface area (Å²) in [7, 11) is 1.26. The van der Waals surface area contributed by atoms with Gasteiger partial charge in [-0.1, -0.05) is 0 Å². The quantitative estimate of drug-likeness (QED) is 0.594. The predicted octanol–water partition coefficient (Wildman–Crippen LogP) is -0.943. The zero-order chi connectivity index (χ0) is 8.97. The van der Waals surface area contributed by atoms with Crippen molar-refractivity contribution < 1.29 is 14.6 Å². The number of rotatable bonds is 3. The summed E-state index contributed by atoms with van der Waals surface area (Å²) in [5.74, 6) is -0.572. The van der Waals surface area contributed by atoms with Crippen molar-refractivity contribution in [2.45, 2.75) is 6.54 Å². The molecule has 0 atom stereocenters. The number of aromatic nitrogens is 3. The van der Waals surface area contributed by atoms with Crippen molar-refractivity contribution in [2.24, 2.45) is 0 Å². The van der Waals surface area contributed by atoms with E-state index in [0.29, 0.717) is 6.54 Å². The SMILES string of the molecule is COC(=O)c1ncn(CCO)n1. The van der Waals surface area contributed by atoms with Gasteiger partial charge in [0.1, 0.15) is 6.33 Å². The molecule has 0 spiro atoms. The van der Waals surface area contributed by atoms with Crippen LogP contribution in [0.4, 0.5) is 0 Å². The second-order valence-electron chi connectivity index (χ2n) is 2.05. The number of hydrogen-bond donors (Lipinski definition) is 1. The van der Waals surface area contributed by atoms with Crippen molar-refractivity contribution in [3.05, 3.63) is 12.2 Å². The number of nitrogens with zero attached hydrogens (tertiary/aromatic N) is 3. The molecule has 0 aliphatic rings. The molecule has 1 aromatic heterocycles. The molecular weight excluding hydrogens is 162 g/mol. The lowest BCUT2D eigenvalue weighted by Gasteiger charge is -1.93. The van der Waals surface area contributed by atoms with Crippen LogP contribution in [0.1, 0.15) is 10.6 Å². The molecule has 0 aliphatic heterocycles. The Morgan fingerprint density at radius 2 is 2.58 bits per heavy atom. The van der Waals surface area contributed by atoms with Gasteiger partial charge in [0.2, 0.25) is 0 Å². The van der Waals surface area contributed by atoms with Gasteiger partial charge in [0.25, 0.3) is 5.82 Å². The summed E-state index contributed by atoms with van der Waals surface area (Å²) in [5.41, 5.74) is 0. The highest BCUT2D eigenvalue weighted by Gasteiger charge is 2.10. The zero-order valence-electron chi connectivity index (χ0n) is 6.60. The maximum absolute atomic E-state index is 10.8. The summed E-state index contributed by atoms with van der Waals surface area (Å²) < 4.78 is 5.76. The van der Waals surface area contributed by atoms with Crippen LogP contribution in [0.5, 0.6) is 0 Å². The fraction of sp³-hybridized carbons (Fsp3) is 0.500. The molecule has 0 aliphatic carbocycles. The lowest BCUT2D eigenvalue weighted by Crippen LogP contribution is -2.07. The number of ether oxygens (including phenoxy) is 1. The molecule has 0 bridgehead atoms. The maximum Gasteiger partial charge on any atom is 0.377 e. The van der Waals surface area contributed by atoms with Crippen LogP contribution < -0.4 is 0 Å². The number of aliphatic hydroxyl groups excluding tert-OH is 1. The minimum absolute atomic E-state index is 0.00551. The third-order valence-electron chi connectivity index (χ3n) is 1.23. The normalized spacial score (nSPS) is 9.83. The van der Waals surface area contributed by atoms with E-state index < -0.39 is 5.97 Å². The van der Waals surface area contributed by atoms with Gasteiger partial charge in [0.05, 0.1) is 20.3 Å². The number of methoxy groups -OCH3 is 1. The molecule has 1 rings (SSSR count). The number of carbonyl (C=O) groups excluding carboxylic acids is 1. The van der Waals surface area contributed by atoms with Crippen LogP contribution in [0.25, 0.3) is 0 Å². The van der Waals surface area contributed by atoms with Crippen LogP contribution in [0.3, 0.4) is 0 Å². The third-order valence-corrected chi connectivity index (χ3v) is 1.23. The molecule has 1 aromatic rings. The Morgan fingerprint density at radius 3 is 3.17 bits per heavy atom. The van der Waals surface area contributed by atoms with Crippen LogP contribution in [0.15, 0.2) is 6.33 Å². The summed E-state index contributed by atoms with van der Waals surface area (Å²) in [5, 5.41) is 12.3. The molecule has 6 heteroatoms. The van der Waals surface area contributed by atoms with E-state index in [4.69, 9.17) is 5.11 Å². The Morgan fingerprint density at radius 1 is 1.83 bits per heavy atom. The van der Waals surface area contributed by atoms with Gasteiger partial charge in [0.15, 0.2) is 0 Å². The fourth-order valence-corrected chi connectivity index (χ4v) is 0.690. The van der Waals surface area contributed by atoms with Gasteiger partial charge in [-0.2, -0.15) is 0 Å². The van der Waals surface area contributed by atoms with E-state index in [1.165, 1.54) is 18.1 Å².